The number of rotatable bonds is 6. The highest BCUT2D eigenvalue weighted by Crippen LogP contribution is 2.05. The molecule has 0 spiro atoms. The summed E-state index contributed by atoms with van der Waals surface area (Å²) < 4.78 is 0. The van der Waals surface area contributed by atoms with Crippen molar-refractivity contribution in [3.8, 4) is 0 Å². The quantitative estimate of drug-likeness (QED) is 0.781. The zero-order valence-corrected chi connectivity index (χ0v) is 16.4. The first-order valence-corrected chi connectivity index (χ1v) is 9.45. The van der Waals surface area contributed by atoms with Crippen LogP contribution in [-0.4, -0.2) is 36.2 Å². The van der Waals surface area contributed by atoms with E-state index in [-0.39, 0.29) is 0 Å². The van der Waals surface area contributed by atoms with Crippen molar-refractivity contribution in [1.29, 1.82) is 0 Å². The van der Waals surface area contributed by atoms with Crippen LogP contribution in [0.4, 0.5) is 0 Å². The summed E-state index contributed by atoms with van der Waals surface area (Å²) in [5, 5.41) is 3.35. The third-order valence-corrected chi connectivity index (χ3v) is 3.22. The van der Waals surface area contributed by atoms with Crippen LogP contribution in [0.25, 0.3) is 0 Å². The molecule has 1 aromatic rings. The fourth-order valence-electron chi connectivity index (χ4n) is 2.11. The maximum atomic E-state index is 5.54. The van der Waals surface area contributed by atoms with E-state index in [9.17, 15) is 0 Å². The Bertz CT molecular complexity index is 319. The van der Waals surface area contributed by atoms with Gasteiger partial charge in [0.05, 0.1) is 0 Å². The van der Waals surface area contributed by atoms with Crippen molar-refractivity contribution in [1.82, 2.24) is 15.2 Å². The molecule has 1 aliphatic heterocycles. The van der Waals surface area contributed by atoms with E-state index in [2.05, 4.69) is 27.3 Å². The van der Waals surface area contributed by atoms with Crippen molar-refractivity contribution in [2.75, 3.05) is 26.3 Å². The number of aromatic nitrogens is 1. The minimum Gasteiger partial charge on any atom is -0.326 e. The summed E-state index contributed by atoms with van der Waals surface area (Å²) in [6.07, 6.45) is 5.43. The molecule has 23 heavy (non-hydrogen) atoms. The van der Waals surface area contributed by atoms with Gasteiger partial charge < -0.3 is 11.1 Å². The summed E-state index contributed by atoms with van der Waals surface area (Å²) >= 11 is 0. The molecule has 0 atom stereocenters. The Balaban J connectivity index is 0. The third-order valence-electron chi connectivity index (χ3n) is 3.22. The smallest absolute Gasteiger partial charge is 0.0481 e. The molecular weight excluding hydrogens is 284 g/mol. The van der Waals surface area contributed by atoms with Crippen LogP contribution in [0.3, 0.4) is 0 Å². The summed E-state index contributed by atoms with van der Waals surface area (Å²) in [5.74, 6) is 0. The van der Waals surface area contributed by atoms with Crippen LogP contribution in [0.1, 0.15) is 65.6 Å². The Morgan fingerprint density at radius 1 is 1.09 bits per heavy atom. The second-order valence-electron chi connectivity index (χ2n) is 4.60. The third kappa shape index (κ3) is 12.2. The highest BCUT2D eigenvalue weighted by atomic mass is 15.3. The van der Waals surface area contributed by atoms with Crippen molar-refractivity contribution < 1.29 is 0 Å². The Kier molecular flexibility index (Phi) is 20.1. The van der Waals surface area contributed by atoms with Crippen LogP contribution >= 0.6 is 0 Å². The lowest BCUT2D eigenvalue weighted by Gasteiger charge is -2.12. The molecule has 1 fully saturated rings. The first-order valence-electron chi connectivity index (χ1n) is 9.45. The number of hydrogen-bond donors (Lipinski definition) is 2. The summed E-state index contributed by atoms with van der Waals surface area (Å²) in [7, 11) is 0. The molecule has 1 saturated heterocycles. The molecule has 4 heteroatoms. The van der Waals surface area contributed by atoms with Crippen molar-refractivity contribution in [3.63, 3.8) is 0 Å². The van der Waals surface area contributed by atoms with E-state index < -0.39 is 0 Å². The van der Waals surface area contributed by atoms with Crippen LogP contribution in [-0.2, 0) is 13.0 Å². The molecule has 2 heterocycles. The van der Waals surface area contributed by atoms with E-state index in [0.29, 0.717) is 6.54 Å². The van der Waals surface area contributed by atoms with Gasteiger partial charge in [-0.2, -0.15) is 0 Å². The van der Waals surface area contributed by atoms with E-state index in [4.69, 9.17) is 5.73 Å². The second-order valence-corrected chi connectivity index (χ2v) is 4.60. The average Bonchev–Trinajstić information content (AvgIpc) is 3.18. The minimum atomic E-state index is 0.579. The summed E-state index contributed by atoms with van der Waals surface area (Å²) in [4.78, 5) is 6.88. The fraction of sp³-hybridized carbons (Fsp3) is 0.737. The van der Waals surface area contributed by atoms with Crippen molar-refractivity contribution >= 4 is 0 Å². The first kappa shape index (κ1) is 24.3. The lowest BCUT2D eigenvalue weighted by molar-refractivity contribution is 0.326. The normalized spacial score (nSPS) is 13.0. The predicted molar refractivity (Wildman–Crippen MR) is 104 cm³/mol. The van der Waals surface area contributed by atoms with Gasteiger partial charge in [0.15, 0.2) is 0 Å². The number of aryl methyl sites for hydroxylation is 1. The van der Waals surface area contributed by atoms with E-state index >= 15 is 0 Å². The van der Waals surface area contributed by atoms with Crippen LogP contribution in [0.15, 0.2) is 18.3 Å². The van der Waals surface area contributed by atoms with Gasteiger partial charge in [-0.3, -0.25) is 9.88 Å². The molecule has 2 rings (SSSR count). The molecule has 0 unspecified atom stereocenters. The lowest BCUT2D eigenvalue weighted by atomic mass is 10.1. The predicted octanol–water partition coefficient (Wildman–Crippen LogP) is 3.80. The highest BCUT2D eigenvalue weighted by molar-refractivity contribution is 5.13. The molecule has 0 aromatic carbocycles. The number of pyridine rings is 1. The minimum absolute atomic E-state index is 0.579. The zero-order valence-electron chi connectivity index (χ0n) is 16.4. The molecule has 1 aliphatic rings. The number of hydrogen-bond acceptors (Lipinski definition) is 4. The van der Waals surface area contributed by atoms with Gasteiger partial charge in [0.2, 0.25) is 0 Å². The Labute approximate surface area is 144 Å². The van der Waals surface area contributed by atoms with Gasteiger partial charge in [0.1, 0.15) is 0 Å². The molecule has 0 aliphatic carbocycles. The van der Waals surface area contributed by atoms with Gasteiger partial charge in [0, 0.05) is 38.2 Å². The maximum absolute atomic E-state index is 5.54. The largest absolute Gasteiger partial charge is 0.326 e. The van der Waals surface area contributed by atoms with E-state index in [0.717, 1.165) is 25.2 Å². The monoisotopic (exact) mass is 324 g/mol. The van der Waals surface area contributed by atoms with Gasteiger partial charge in [-0.05, 0) is 37.4 Å². The SMILES string of the molecule is CC.CC.CC.NCc1ccc(CCCCN2CCNC2)nc1. The summed E-state index contributed by atoms with van der Waals surface area (Å²) in [6, 6.07) is 4.17. The molecule has 0 bridgehead atoms. The van der Waals surface area contributed by atoms with Crippen molar-refractivity contribution in [3.05, 3.63) is 29.6 Å². The molecule has 136 valence electrons. The number of nitrogens with zero attached hydrogens (tertiary/aromatic N) is 2. The van der Waals surface area contributed by atoms with Crippen molar-refractivity contribution in [2.45, 2.75) is 67.3 Å². The number of nitrogens with two attached hydrogens (primary N) is 1. The second kappa shape index (κ2) is 19.1. The fourth-order valence-corrected chi connectivity index (χ4v) is 2.11. The lowest BCUT2D eigenvalue weighted by Crippen LogP contribution is -2.23. The number of nitrogens with one attached hydrogen (secondary N) is 1. The van der Waals surface area contributed by atoms with E-state index in [1.807, 2.05) is 47.7 Å². The van der Waals surface area contributed by atoms with Gasteiger partial charge in [-0.15, -0.1) is 0 Å². The van der Waals surface area contributed by atoms with Gasteiger partial charge in [-0.25, -0.2) is 0 Å². The molecular formula is C19H40N4. The van der Waals surface area contributed by atoms with Crippen LogP contribution < -0.4 is 11.1 Å². The molecule has 0 saturated carbocycles. The van der Waals surface area contributed by atoms with Gasteiger partial charge >= 0.3 is 0 Å². The summed E-state index contributed by atoms with van der Waals surface area (Å²) in [6.45, 7) is 17.2. The zero-order chi connectivity index (χ0) is 17.9. The van der Waals surface area contributed by atoms with Crippen LogP contribution in [0.2, 0.25) is 0 Å². The maximum Gasteiger partial charge on any atom is 0.0481 e. The molecule has 0 amide bonds. The Morgan fingerprint density at radius 3 is 2.26 bits per heavy atom. The Morgan fingerprint density at radius 2 is 1.78 bits per heavy atom. The van der Waals surface area contributed by atoms with E-state index in [1.54, 1.807) is 0 Å². The summed E-state index contributed by atoms with van der Waals surface area (Å²) in [5.41, 5.74) is 7.83. The van der Waals surface area contributed by atoms with Gasteiger partial charge in [0.25, 0.3) is 0 Å². The van der Waals surface area contributed by atoms with Gasteiger partial charge in [-0.1, -0.05) is 47.6 Å². The number of unbranched alkanes of at least 4 members (excludes halogenated alkanes) is 1. The molecule has 1 aromatic heterocycles. The van der Waals surface area contributed by atoms with Crippen LogP contribution in [0, 0.1) is 0 Å². The van der Waals surface area contributed by atoms with Crippen LogP contribution in [0.5, 0.6) is 0 Å². The molecule has 3 N–H and O–H groups in total. The van der Waals surface area contributed by atoms with Crippen molar-refractivity contribution in [2.24, 2.45) is 5.73 Å². The molecule has 0 radical (unpaired) electrons. The molecule has 4 nitrogen and oxygen atoms in total. The van der Waals surface area contributed by atoms with E-state index in [1.165, 1.54) is 31.6 Å². The standard InChI is InChI=1S/C13H22N4.3C2H6/c14-9-12-4-5-13(16-10-12)3-1-2-7-17-8-6-15-11-17;3*1-2/h4-5,10,15H,1-3,6-9,11,14H2;3*1-2H3. The Hall–Kier alpha value is -0.970. The highest BCUT2D eigenvalue weighted by Gasteiger charge is 2.09. The average molecular weight is 325 g/mol. The topological polar surface area (TPSA) is 54.2 Å². The first-order chi connectivity index (χ1) is 11.4.